The van der Waals surface area contributed by atoms with Gasteiger partial charge in [0.15, 0.2) is 20.6 Å². The van der Waals surface area contributed by atoms with E-state index >= 15 is 0 Å². The molecule has 0 aliphatic rings. The lowest BCUT2D eigenvalue weighted by molar-refractivity contribution is 0.587. The largest absolute Gasteiger partial charge is 0.383 e. The normalized spacial score (nSPS) is 12.8. The second kappa shape index (κ2) is 5.60. The zero-order valence-electron chi connectivity index (χ0n) is 11.9. The molecule has 1 aromatic heterocycles. The first kappa shape index (κ1) is 16.8. The van der Waals surface area contributed by atoms with E-state index in [9.17, 15) is 16.8 Å². The number of hydrogen-bond acceptors (Lipinski definition) is 7. The Bertz CT molecular complexity index is 689. The number of nitrogens with zero attached hydrogens (tertiary/aromatic N) is 2. The van der Waals surface area contributed by atoms with E-state index in [-0.39, 0.29) is 34.9 Å². The van der Waals surface area contributed by atoms with Crippen LogP contribution in [-0.2, 0) is 26.2 Å². The SMILES string of the molecule is CC(C)Nc1nn(CCS(C)(=O)=O)c(N)c1S(C)(=O)=O. The van der Waals surface area contributed by atoms with E-state index in [1.807, 2.05) is 13.8 Å². The van der Waals surface area contributed by atoms with E-state index in [1.165, 1.54) is 4.68 Å². The van der Waals surface area contributed by atoms with E-state index in [2.05, 4.69) is 10.4 Å². The van der Waals surface area contributed by atoms with Crippen molar-refractivity contribution in [3.8, 4) is 0 Å². The van der Waals surface area contributed by atoms with Crippen molar-refractivity contribution in [1.29, 1.82) is 0 Å². The number of nitrogen functional groups attached to an aromatic ring is 1. The van der Waals surface area contributed by atoms with E-state index in [4.69, 9.17) is 5.73 Å². The van der Waals surface area contributed by atoms with Crippen LogP contribution in [0, 0.1) is 0 Å². The molecule has 0 spiro atoms. The van der Waals surface area contributed by atoms with Gasteiger partial charge < -0.3 is 11.1 Å². The fourth-order valence-corrected chi connectivity index (χ4v) is 3.06. The monoisotopic (exact) mass is 324 g/mol. The van der Waals surface area contributed by atoms with Gasteiger partial charge in [0.05, 0.1) is 12.3 Å². The van der Waals surface area contributed by atoms with Gasteiger partial charge >= 0.3 is 0 Å². The van der Waals surface area contributed by atoms with Crippen molar-refractivity contribution in [3.63, 3.8) is 0 Å². The molecule has 10 heteroatoms. The first-order chi connectivity index (χ1) is 8.92. The number of nitrogens with one attached hydrogen (secondary N) is 1. The second-order valence-corrected chi connectivity index (χ2v) is 9.20. The Morgan fingerprint density at radius 2 is 1.80 bits per heavy atom. The number of sulfone groups is 2. The molecule has 0 aliphatic heterocycles. The standard InChI is InChI=1S/C10H20N4O4S2/c1-7(2)12-10-8(20(4,17)18)9(11)14(13-10)5-6-19(3,15)16/h7H,5-6,11H2,1-4H3,(H,12,13). The molecule has 0 radical (unpaired) electrons. The Morgan fingerprint density at radius 1 is 1.25 bits per heavy atom. The van der Waals surface area contributed by atoms with E-state index < -0.39 is 19.7 Å². The summed E-state index contributed by atoms with van der Waals surface area (Å²) >= 11 is 0. The highest BCUT2D eigenvalue weighted by molar-refractivity contribution is 7.91. The predicted molar refractivity (Wildman–Crippen MR) is 78.2 cm³/mol. The van der Waals surface area contributed by atoms with Crippen LogP contribution in [0.5, 0.6) is 0 Å². The third-order valence-electron chi connectivity index (χ3n) is 2.42. The van der Waals surface area contributed by atoms with Gasteiger partial charge in [-0.1, -0.05) is 0 Å². The third-order valence-corrected chi connectivity index (χ3v) is 4.48. The van der Waals surface area contributed by atoms with Gasteiger partial charge in [0, 0.05) is 18.6 Å². The van der Waals surface area contributed by atoms with Gasteiger partial charge in [-0.2, -0.15) is 5.10 Å². The highest BCUT2D eigenvalue weighted by Gasteiger charge is 2.24. The summed E-state index contributed by atoms with van der Waals surface area (Å²) in [6, 6.07) is -0.0341. The molecule has 0 atom stereocenters. The van der Waals surface area contributed by atoms with Crippen LogP contribution in [0.3, 0.4) is 0 Å². The van der Waals surface area contributed by atoms with Crippen LogP contribution >= 0.6 is 0 Å². The average Bonchev–Trinajstić information content (AvgIpc) is 2.49. The molecule has 1 heterocycles. The highest BCUT2D eigenvalue weighted by Crippen LogP contribution is 2.27. The van der Waals surface area contributed by atoms with Crippen LogP contribution in [0.2, 0.25) is 0 Å². The van der Waals surface area contributed by atoms with Gasteiger partial charge in [0.1, 0.15) is 15.7 Å². The lowest BCUT2D eigenvalue weighted by atomic mass is 10.4. The van der Waals surface area contributed by atoms with E-state index in [0.717, 1.165) is 12.5 Å². The number of hydrogen-bond donors (Lipinski definition) is 2. The molecule has 0 saturated carbocycles. The van der Waals surface area contributed by atoms with Crippen molar-refractivity contribution < 1.29 is 16.8 Å². The van der Waals surface area contributed by atoms with Crippen LogP contribution in [-0.4, -0.2) is 50.9 Å². The van der Waals surface area contributed by atoms with Gasteiger partial charge in [0.2, 0.25) is 0 Å². The quantitative estimate of drug-likeness (QED) is 0.738. The first-order valence-corrected chi connectivity index (χ1v) is 9.87. The number of nitrogens with two attached hydrogens (primary N) is 1. The molecule has 0 amide bonds. The highest BCUT2D eigenvalue weighted by atomic mass is 32.2. The minimum Gasteiger partial charge on any atom is -0.383 e. The third kappa shape index (κ3) is 4.37. The van der Waals surface area contributed by atoms with Gasteiger partial charge in [-0.15, -0.1) is 0 Å². The molecule has 20 heavy (non-hydrogen) atoms. The van der Waals surface area contributed by atoms with Crippen molar-refractivity contribution in [2.45, 2.75) is 31.3 Å². The molecule has 116 valence electrons. The minimum atomic E-state index is -3.56. The maximum atomic E-state index is 11.8. The predicted octanol–water partition coefficient (Wildman–Crippen LogP) is -0.266. The van der Waals surface area contributed by atoms with Crippen LogP contribution in [0.4, 0.5) is 11.6 Å². The van der Waals surface area contributed by atoms with Gasteiger partial charge in [-0.3, -0.25) is 0 Å². The molecule has 0 aromatic carbocycles. The Morgan fingerprint density at radius 3 is 2.20 bits per heavy atom. The zero-order valence-corrected chi connectivity index (χ0v) is 13.5. The van der Waals surface area contributed by atoms with Crippen molar-refractivity contribution in [2.75, 3.05) is 29.3 Å². The topological polar surface area (TPSA) is 124 Å². The van der Waals surface area contributed by atoms with E-state index in [0.29, 0.717) is 0 Å². The number of anilines is 2. The smallest absolute Gasteiger partial charge is 0.182 e. The van der Waals surface area contributed by atoms with Gasteiger partial charge in [-0.25, -0.2) is 21.5 Å². The van der Waals surface area contributed by atoms with E-state index in [1.54, 1.807) is 0 Å². The molecule has 0 aliphatic carbocycles. The lowest BCUT2D eigenvalue weighted by Crippen LogP contribution is -2.15. The fourth-order valence-electron chi connectivity index (χ4n) is 1.61. The summed E-state index contributed by atoms with van der Waals surface area (Å²) in [6.45, 7) is 3.67. The van der Waals surface area contributed by atoms with Crippen molar-refractivity contribution in [2.24, 2.45) is 0 Å². The van der Waals surface area contributed by atoms with Gasteiger partial charge in [-0.05, 0) is 13.8 Å². The molecule has 3 N–H and O–H groups in total. The summed E-state index contributed by atoms with van der Waals surface area (Å²) in [5.41, 5.74) is 5.78. The van der Waals surface area contributed by atoms with Crippen LogP contribution in [0.15, 0.2) is 4.90 Å². The molecule has 0 unspecified atom stereocenters. The molecular weight excluding hydrogens is 304 g/mol. The Kier molecular flexibility index (Phi) is 4.70. The summed E-state index contributed by atoms with van der Waals surface area (Å²) in [7, 11) is -6.75. The molecule has 8 nitrogen and oxygen atoms in total. The Labute approximate surface area is 119 Å². The van der Waals surface area contributed by atoms with Crippen molar-refractivity contribution in [1.82, 2.24) is 9.78 Å². The van der Waals surface area contributed by atoms with Crippen LogP contribution < -0.4 is 11.1 Å². The summed E-state index contributed by atoms with van der Waals surface area (Å²) in [5.74, 6) is -0.0729. The molecule has 0 fully saturated rings. The summed E-state index contributed by atoms with van der Waals surface area (Å²) in [5, 5.41) is 6.95. The molecule has 0 saturated heterocycles. The lowest BCUT2D eigenvalue weighted by Gasteiger charge is -2.07. The van der Waals surface area contributed by atoms with Crippen LogP contribution in [0.1, 0.15) is 13.8 Å². The fraction of sp³-hybridized carbons (Fsp3) is 0.700. The number of aryl methyl sites for hydroxylation is 1. The number of aromatic nitrogens is 2. The van der Waals surface area contributed by atoms with Crippen LogP contribution in [0.25, 0.3) is 0 Å². The second-order valence-electron chi connectivity index (χ2n) is 4.99. The van der Waals surface area contributed by atoms with Crippen molar-refractivity contribution in [3.05, 3.63) is 0 Å². The summed E-state index contributed by atoms with van der Waals surface area (Å²) in [6.07, 6.45) is 2.13. The molecule has 1 aromatic rings. The Balaban J connectivity index is 3.26. The number of rotatable bonds is 6. The maximum absolute atomic E-state index is 11.8. The molecule has 0 bridgehead atoms. The average molecular weight is 324 g/mol. The Hall–Kier alpha value is -1.29. The summed E-state index contributed by atoms with van der Waals surface area (Å²) < 4.78 is 47.1. The van der Waals surface area contributed by atoms with Gasteiger partial charge in [0.25, 0.3) is 0 Å². The summed E-state index contributed by atoms with van der Waals surface area (Å²) in [4.78, 5) is -0.0975. The first-order valence-electron chi connectivity index (χ1n) is 5.92. The van der Waals surface area contributed by atoms with Crippen molar-refractivity contribution >= 4 is 31.3 Å². The minimum absolute atomic E-state index is 0.00691. The maximum Gasteiger partial charge on any atom is 0.182 e. The molecule has 1 rings (SSSR count). The molecular formula is C10H20N4O4S2. The zero-order chi connectivity index (χ0) is 15.7.